The topological polar surface area (TPSA) is 26.0 Å². The third-order valence-electron chi connectivity index (χ3n) is 3.51. The molecular weight excluding hydrogens is 275 g/mol. The highest BCUT2D eigenvalue weighted by Crippen LogP contribution is 2.30. The minimum Gasteiger partial charge on any atom is -0.320 e. The first-order valence-electron chi connectivity index (χ1n) is 6.45. The number of rotatable bonds is 2. The lowest BCUT2D eigenvalue weighted by Crippen LogP contribution is -2.16. The fraction of sp³-hybridized carbons (Fsp3) is 0.0588. The SMILES string of the molecule is NC(c1c(F)cc(F)cc1F)c1cccc2ccccc12. The van der Waals surface area contributed by atoms with Gasteiger partial charge in [0, 0.05) is 17.7 Å². The number of hydrogen-bond acceptors (Lipinski definition) is 1. The zero-order chi connectivity index (χ0) is 15.0. The van der Waals surface area contributed by atoms with Gasteiger partial charge in [-0.2, -0.15) is 0 Å². The van der Waals surface area contributed by atoms with Crippen molar-refractivity contribution >= 4 is 10.8 Å². The molecule has 0 aliphatic carbocycles. The van der Waals surface area contributed by atoms with E-state index in [1.807, 2.05) is 30.3 Å². The first-order valence-corrected chi connectivity index (χ1v) is 6.45. The molecule has 4 heteroatoms. The van der Waals surface area contributed by atoms with Gasteiger partial charge < -0.3 is 5.73 Å². The van der Waals surface area contributed by atoms with Crippen LogP contribution < -0.4 is 5.73 Å². The molecule has 3 rings (SSSR count). The molecule has 3 aromatic carbocycles. The Balaban J connectivity index is 2.20. The molecule has 106 valence electrons. The van der Waals surface area contributed by atoms with Crippen LogP contribution in [-0.2, 0) is 0 Å². The predicted octanol–water partition coefficient (Wildman–Crippen LogP) is 4.31. The van der Waals surface area contributed by atoms with Crippen molar-refractivity contribution in [2.24, 2.45) is 5.73 Å². The quantitative estimate of drug-likeness (QED) is 0.747. The average molecular weight is 287 g/mol. The Labute approximate surface area is 119 Å². The lowest BCUT2D eigenvalue weighted by atomic mass is 9.94. The number of benzene rings is 3. The maximum Gasteiger partial charge on any atom is 0.134 e. The van der Waals surface area contributed by atoms with Gasteiger partial charge in [0.2, 0.25) is 0 Å². The second kappa shape index (κ2) is 5.22. The second-order valence-electron chi connectivity index (χ2n) is 4.83. The second-order valence-corrected chi connectivity index (χ2v) is 4.83. The average Bonchev–Trinajstić information content (AvgIpc) is 2.45. The number of hydrogen-bond donors (Lipinski definition) is 1. The molecule has 0 heterocycles. The fourth-order valence-corrected chi connectivity index (χ4v) is 2.53. The molecule has 0 aromatic heterocycles. The Hall–Kier alpha value is -2.33. The first kappa shape index (κ1) is 13.6. The molecule has 1 nitrogen and oxygen atoms in total. The molecule has 0 aliphatic heterocycles. The Morgan fingerprint density at radius 2 is 1.43 bits per heavy atom. The van der Waals surface area contributed by atoms with Crippen LogP contribution in [0.2, 0.25) is 0 Å². The van der Waals surface area contributed by atoms with Crippen LogP contribution in [0, 0.1) is 17.5 Å². The summed E-state index contributed by atoms with van der Waals surface area (Å²) < 4.78 is 40.8. The van der Waals surface area contributed by atoms with E-state index in [0.717, 1.165) is 10.8 Å². The summed E-state index contributed by atoms with van der Waals surface area (Å²) in [6.45, 7) is 0. The zero-order valence-electron chi connectivity index (χ0n) is 11.0. The van der Waals surface area contributed by atoms with Gasteiger partial charge in [-0.3, -0.25) is 0 Å². The van der Waals surface area contributed by atoms with Gasteiger partial charge in [-0.1, -0.05) is 42.5 Å². The van der Waals surface area contributed by atoms with E-state index in [4.69, 9.17) is 5.73 Å². The normalized spacial score (nSPS) is 12.6. The highest BCUT2D eigenvalue weighted by atomic mass is 19.1. The Bertz CT molecular complexity index is 786. The zero-order valence-corrected chi connectivity index (χ0v) is 11.0. The van der Waals surface area contributed by atoms with Gasteiger partial charge in [-0.05, 0) is 16.3 Å². The standard InChI is InChI=1S/C17H12F3N/c18-11-8-14(19)16(15(20)9-11)17(21)13-7-3-5-10-4-1-2-6-12(10)13/h1-9,17H,21H2. The summed E-state index contributed by atoms with van der Waals surface area (Å²) in [5, 5.41) is 1.74. The van der Waals surface area contributed by atoms with Crippen molar-refractivity contribution in [1.29, 1.82) is 0 Å². The van der Waals surface area contributed by atoms with Gasteiger partial charge >= 0.3 is 0 Å². The van der Waals surface area contributed by atoms with Gasteiger partial charge in [0.1, 0.15) is 17.5 Å². The van der Waals surface area contributed by atoms with Crippen LogP contribution in [0.1, 0.15) is 17.2 Å². The van der Waals surface area contributed by atoms with E-state index in [9.17, 15) is 13.2 Å². The van der Waals surface area contributed by atoms with E-state index in [0.29, 0.717) is 17.7 Å². The van der Waals surface area contributed by atoms with Crippen molar-refractivity contribution in [3.8, 4) is 0 Å². The van der Waals surface area contributed by atoms with Crippen LogP contribution in [0.25, 0.3) is 10.8 Å². The smallest absolute Gasteiger partial charge is 0.134 e. The molecule has 3 aromatic rings. The molecule has 1 unspecified atom stereocenters. The summed E-state index contributed by atoms with van der Waals surface area (Å²) in [7, 11) is 0. The van der Waals surface area contributed by atoms with Gasteiger partial charge in [-0.25, -0.2) is 13.2 Å². The van der Waals surface area contributed by atoms with Gasteiger partial charge in [0.15, 0.2) is 0 Å². The number of halogens is 3. The maximum atomic E-state index is 13.9. The fourth-order valence-electron chi connectivity index (χ4n) is 2.53. The third-order valence-corrected chi connectivity index (χ3v) is 3.51. The molecule has 1 atom stereocenters. The molecular formula is C17H12F3N. The predicted molar refractivity (Wildman–Crippen MR) is 76.3 cm³/mol. The van der Waals surface area contributed by atoms with E-state index in [1.165, 1.54) is 0 Å². The summed E-state index contributed by atoms with van der Waals surface area (Å²) in [5.74, 6) is -2.92. The largest absolute Gasteiger partial charge is 0.320 e. The Morgan fingerprint density at radius 3 is 2.14 bits per heavy atom. The molecule has 0 saturated heterocycles. The van der Waals surface area contributed by atoms with Gasteiger partial charge in [-0.15, -0.1) is 0 Å². The van der Waals surface area contributed by atoms with Crippen LogP contribution in [-0.4, -0.2) is 0 Å². The molecule has 0 fully saturated rings. The van der Waals surface area contributed by atoms with E-state index in [2.05, 4.69) is 0 Å². The number of nitrogens with two attached hydrogens (primary N) is 1. The van der Waals surface area contributed by atoms with Crippen molar-refractivity contribution in [1.82, 2.24) is 0 Å². The first-order chi connectivity index (χ1) is 10.1. The van der Waals surface area contributed by atoms with Crippen molar-refractivity contribution in [2.75, 3.05) is 0 Å². The van der Waals surface area contributed by atoms with E-state index >= 15 is 0 Å². The number of fused-ring (bicyclic) bond motifs is 1. The summed E-state index contributed by atoms with van der Waals surface area (Å²) in [6, 6.07) is 13.1. The highest BCUT2D eigenvalue weighted by molar-refractivity contribution is 5.86. The minimum atomic E-state index is -1.00. The summed E-state index contributed by atoms with van der Waals surface area (Å²) in [5.41, 5.74) is 6.30. The monoisotopic (exact) mass is 287 g/mol. The Morgan fingerprint density at radius 1 is 0.810 bits per heavy atom. The maximum absolute atomic E-state index is 13.9. The van der Waals surface area contributed by atoms with E-state index in [-0.39, 0.29) is 5.56 Å². The molecule has 0 aliphatic rings. The molecule has 2 N–H and O–H groups in total. The van der Waals surface area contributed by atoms with Crippen molar-refractivity contribution in [3.63, 3.8) is 0 Å². The highest BCUT2D eigenvalue weighted by Gasteiger charge is 2.21. The lowest BCUT2D eigenvalue weighted by Gasteiger charge is -2.16. The van der Waals surface area contributed by atoms with Gasteiger partial charge in [0.05, 0.1) is 6.04 Å². The molecule has 0 bridgehead atoms. The summed E-state index contributed by atoms with van der Waals surface area (Å²) in [4.78, 5) is 0. The Kier molecular flexibility index (Phi) is 3.39. The third kappa shape index (κ3) is 2.38. The summed E-state index contributed by atoms with van der Waals surface area (Å²) >= 11 is 0. The molecule has 0 amide bonds. The molecule has 0 saturated carbocycles. The summed E-state index contributed by atoms with van der Waals surface area (Å²) in [6.07, 6.45) is 0. The van der Waals surface area contributed by atoms with Crippen LogP contribution in [0.3, 0.4) is 0 Å². The van der Waals surface area contributed by atoms with Crippen molar-refractivity contribution < 1.29 is 13.2 Å². The van der Waals surface area contributed by atoms with E-state index in [1.54, 1.807) is 12.1 Å². The van der Waals surface area contributed by atoms with Crippen molar-refractivity contribution in [2.45, 2.75) is 6.04 Å². The van der Waals surface area contributed by atoms with Crippen molar-refractivity contribution in [3.05, 3.63) is 83.2 Å². The van der Waals surface area contributed by atoms with Crippen LogP contribution in [0.15, 0.2) is 54.6 Å². The van der Waals surface area contributed by atoms with Gasteiger partial charge in [0.25, 0.3) is 0 Å². The minimum absolute atomic E-state index is 0.326. The van der Waals surface area contributed by atoms with E-state index < -0.39 is 23.5 Å². The van der Waals surface area contributed by atoms with Crippen LogP contribution in [0.4, 0.5) is 13.2 Å². The molecule has 0 spiro atoms. The van der Waals surface area contributed by atoms with Crippen LogP contribution in [0.5, 0.6) is 0 Å². The molecule has 0 radical (unpaired) electrons. The van der Waals surface area contributed by atoms with Crippen LogP contribution >= 0.6 is 0 Å². The molecule has 21 heavy (non-hydrogen) atoms. The lowest BCUT2D eigenvalue weighted by molar-refractivity contribution is 0.515.